The van der Waals surface area contributed by atoms with Crippen LogP contribution in [-0.4, -0.2) is 30.2 Å². The molecule has 0 radical (unpaired) electrons. The van der Waals surface area contributed by atoms with Gasteiger partial charge in [-0.1, -0.05) is 27.2 Å². The van der Waals surface area contributed by atoms with Crippen LogP contribution in [0.15, 0.2) is 18.3 Å². The van der Waals surface area contributed by atoms with Gasteiger partial charge in [0.2, 0.25) is 0 Å². The summed E-state index contributed by atoms with van der Waals surface area (Å²) in [7, 11) is 0. The van der Waals surface area contributed by atoms with Crippen LogP contribution in [0.5, 0.6) is 5.75 Å². The van der Waals surface area contributed by atoms with Crippen molar-refractivity contribution in [3.8, 4) is 5.75 Å². The molecule has 1 aromatic heterocycles. The van der Waals surface area contributed by atoms with Crippen molar-refractivity contribution in [2.24, 2.45) is 0 Å². The molecule has 1 N–H and O–H groups in total. The van der Waals surface area contributed by atoms with E-state index in [-0.39, 0.29) is 12.6 Å². The molecule has 0 saturated heterocycles. The van der Waals surface area contributed by atoms with Crippen molar-refractivity contribution in [2.75, 3.05) is 13.2 Å². The van der Waals surface area contributed by atoms with Crippen molar-refractivity contribution < 1.29 is 14.3 Å². The Labute approximate surface area is 120 Å². The minimum Gasteiger partial charge on any atom is -0.480 e. The van der Waals surface area contributed by atoms with E-state index in [1.54, 1.807) is 6.20 Å². The number of aromatic nitrogens is 1. The van der Waals surface area contributed by atoms with Crippen molar-refractivity contribution in [3.05, 3.63) is 24.0 Å². The Morgan fingerprint density at radius 1 is 1.40 bits per heavy atom. The quantitative estimate of drug-likeness (QED) is 0.555. The van der Waals surface area contributed by atoms with E-state index in [1.807, 2.05) is 19.1 Å². The number of hydrogen-bond donors (Lipinski definition) is 1. The molecule has 0 aromatic carbocycles. The van der Waals surface area contributed by atoms with Crippen LogP contribution >= 0.6 is 0 Å². The molecular weight excluding hydrogens is 256 g/mol. The van der Waals surface area contributed by atoms with Gasteiger partial charge in [0, 0.05) is 12.6 Å². The number of nitrogens with one attached hydrogen (secondary N) is 1. The van der Waals surface area contributed by atoms with Gasteiger partial charge in [-0.25, -0.2) is 4.79 Å². The summed E-state index contributed by atoms with van der Waals surface area (Å²) in [5.41, 5.74) is 0.941. The van der Waals surface area contributed by atoms with Crippen molar-refractivity contribution in [3.63, 3.8) is 0 Å². The average molecular weight is 280 g/mol. The zero-order valence-electron chi connectivity index (χ0n) is 12.5. The summed E-state index contributed by atoms with van der Waals surface area (Å²) in [6.45, 7) is 7.32. The number of hydrogen-bond acceptors (Lipinski definition) is 5. The number of rotatable bonds is 9. The van der Waals surface area contributed by atoms with Gasteiger partial charge in [-0.05, 0) is 18.6 Å². The maximum atomic E-state index is 11.4. The Kier molecular flexibility index (Phi) is 7.65. The summed E-state index contributed by atoms with van der Waals surface area (Å²) in [4.78, 5) is 15.6. The highest BCUT2D eigenvalue weighted by Gasteiger charge is 2.04. The van der Waals surface area contributed by atoms with Crippen molar-refractivity contribution >= 4 is 5.97 Å². The summed E-state index contributed by atoms with van der Waals surface area (Å²) >= 11 is 0. The van der Waals surface area contributed by atoms with Crippen molar-refractivity contribution in [1.82, 2.24) is 10.3 Å². The smallest absolute Gasteiger partial charge is 0.344 e. The zero-order valence-corrected chi connectivity index (χ0v) is 12.5. The van der Waals surface area contributed by atoms with Crippen molar-refractivity contribution in [2.45, 2.75) is 46.2 Å². The molecule has 0 atom stereocenters. The number of carbonyl (C=O) groups is 1. The number of carbonyl (C=O) groups excluding carboxylic acids is 1. The lowest BCUT2D eigenvalue weighted by molar-refractivity contribution is -0.146. The SMILES string of the molecule is CCCCOC(=O)COc1ccc(CNC(C)C)nc1. The second-order valence-electron chi connectivity index (χ2n) is 4.88. The van der Waals surface area contributed by atoms with Crippen LogP contribution < -0.4 is 10.1 Å². The first kappa shape index (κ1) is 16.4. The fraction of sp³-hybridized carbons (Fsp3) is 0.600. The highest BCUT2D eigenvalue weighted by atomic mass is 16.6. The van der Waals surface area contributed by atoms with Gasteiger partial charge in [-0.2, -0.15) is 0 Å². The second-order valence-corrected chi connectivity index (χ2v) is 4.88. The van der Waals surface area contributed by atoms with Gasteiger partial charge in [-0.15, -0.1) is 0 Å². The first-order chi connectivity index (χ1) is 9.61. The third-order valence-electron chi connectivity index (χ3n) is 2.61. The molecule has 0 aliphatic rings. The Balaban J connectivity index is 2.28. The largest absolute Gasteiger partial charge is 0.480 e. The van der Waals surface area contributed by atoms with Crippen LogP contribution in [0.2, 0.25) is 0 Å². The minimum atomic E-state index is -0.344. The monoisotopic (exact) mass is 280 g/mol. The number of unbranched alkanes of at least 4 members (excludes halogenated alkanes) is 1. The van der Waals surface area contributed by atoms with E-state index in [4.69, 9.17) is 9.47 Å². The van der Waals surface area contributed by atoms with Gasteiger partial charge < -0.3 is 14.8 Å². The molecule has 112 valence electrons. The molecule has 20 heavy (non-hydrogen) atoms. The summed E-state index contributed by atoms with van der Waals surface area (Å²) in [6.07, 6.45) is 3.51. The lowest BCUT2D eigenvalue weighted by Crippen LogP contribution is -2.22. The normalized spacial score (nSPS) is 10.6. The molecule has 0 aliphatic carbocycles. The van der Waals surface area contributed by atoms with Gasteiger partial charge in [0.1, 0.15) is 5.75 Å². The van der Waals surface area contributed by atoms with Gasteiger partial charge in [0.25, 0.3) is 0 Å². The zero-order chi connectivity index (χ0) is 14.8. The molecule has 0 fully saturated rings. The lowest BCUT2D eigenvalue weighted by atomic mass is 10.3. The highest BCUT2D eigenvalue weighted by molar-refractivity contribution is 5.71. The minimum absolute atomic E-state index is 0.0744. The lowest BCUT2D eigenvalue weighted by Gasteiger charge is -2.09. The predicted octanol–water partition coefficient (Wildman–Crippen LogP) is 2.30. The summed E-state index contributed by atoms with van der Waals surface area (Å²) in [5.74, 6) is 0.231. The van der Waals surface area contributed by atoms with Gasteiger partial charge in [0.15, 0.2) is 6.61 Å². The van der Waals surface area contributed by atoms with Crippen molar-refractivity contribution in [1.29, 1.82) is 0 Å². The standard InChI is InChI=1S/C15H24N2O3/c1-4-5-8-19-15(18)11-20-14-7-6-13(17-10-14)9-16-12(2)3/h6-7,10,12,16H,4-5,8-9,11H2,1-3H3. The molecule has 0 unspecified atom stereocenters. The number of pyridine rings is 1. The fourth-order valence-electron chi connectivity index (χ4n) is 1.42. The average Bonchev–Trinajstić information content (AvgIpc) is 2.44. The van der Waals surface area contributed by atoms with Crippen LogP contribution in [0.4, 0.5) is 0 Å². The molecule has 0 saturated carbocycles. The van der Waals surface area contributed by atoms with Gasteiger partial charge >= 0.3 is 5.97 Å². The maximum absolute atomic E-state index is 11.4. The van der Waals surface area contributed by atoms with E-state index in [2.05, 4.69) is 24.1 Å². The molecule has 0 aliphatic heterocycles. The van der Waals surface area contributed by atoms with E-state index < -0.39 is 0 Å². The Morgan fingerprint density at radius 3 is 2.80 bits per heavy atom. The van der Waals surface area contributed by atoms with Crippen LogP contribution in [0.1, 0.15) is 39.3 Å². The van der Waals surface area contributed by atoms with Crippen LogP contribution in [0, 0.1) is 0 Å². The maximum Gasteiger partial charge on any atom is 0.344 e. The van der Waals surface area contributed by atoms with E-state index in [9.17, 15) is 4.79 Å². The third kappa shape index (κ3) is 7.09. The van der Waals surface area contributed by atoms with Gasteiger partial charge in [-0.3, -0.25) is 4.98 Å². The molecule has 5 heteroatoms. The van der Waals surface area contributed by atoms with Gasteiger partial charge in [0.05, 0.1) is 18.5 Å². The van der Waals surface area contributed by atoms with Crippen LogP contribution in [0.25, 0.3) is 0 Å². The Bertz CT molecular complexity index is 391. The topological polar surface area (TPSA) is 60.5 Å². The predicted molar refractivity (Wildman–Crippen MR) is 77.6 cm³/mol. The fourth-order valence-corrected chi connectivity index (χ4v) is 1.42. The molecular formula is C15H24N2O3. The van der Waals surface area contributed by atoms with E-state index in [1.165, 1.54) is 0 Å². The molecule has 0 bridgehead atoms. The summed E-state index contributed by atoms with van der Waals surface area (Å²) in [5, 5.41) is 3.28. The number of esters is 1. The molecule has 0 spiro atoms. The Hall–Kier alpha value is -1.62. The Morgan fingerprint density at radius 2 is 2.20 bits per heavy atom. The van der Waals surface area contributed by atoms with Crippen LogP contribution in [0.3, 0.4) is 0 Å². The number of ether oxygens (including phenoxy) is 2. The highest BCUT2D eigenvalue weighted by Crippen LogP contribution is 2.09. The molecule has 0 amide bonds. The third-order valence-corrected chi connectivity index (χ3v) is 2.61. The molecule has 1 aromatic rings. The molecule has 1 heterocycles. The first-order valence-electron chi connectivity index (χ1n) is 7.08. The molecule has 1 rings (SSSR count). The number of nitrogens with zero attached hydrogens (tertiary/aromatic N) is 1. The van der Waals surface area contributed by atoms with E-state index >= 15 is 0 Å². The second kappa shape index (κ2) is 9.31. The first-order valence-corrected chi connectivity index (χ1v) is 7.08. The summed E-state index contributed by atoms with van der Waals surface area (Å²) < 4.78 is 10.3. The van der Waals surface area contributed by atoms with E-state index in [0.29, 0.717) is 18.4 Å². The summed E-state index contributed by atoms with van der Waals surface area (Å²) in [6, 6.07) is 4.11. The van der Waals surface area contributed by atoms with E-state index in [0.717, 1.165) is 25.1 Å². The molecule has 5 nitrogen and oxygen atoms in total. The van der Waals surface area contributed by atoms with Crippen LogP contribution in [-0.2, 0) is 16.1 Å².